The minimum atomic E-state index is 0. The minimum absolute atomic E-state index is 0. The number of benzene rings is 1. The van der Waals surface area contributed by atoms with Crippen LogP contribution in [0.15, 0.2) is 35.6 Å². The molecule has 0 amide bonds. The highest BCUT2D eigenvalue weighted by Crippen LogP contribution is 2.39. The zero-order valence-electron chi connectivity index (χ0n) is 19.2. The van der Waals surface area contributed by atoms with E-state index in [4.69, 9.17) is 19.2 Å². The van der Waals surface area contributed by atoms with E-state index in [1.54, 1.807) is 33.7 Å². The third-order valence-corrected chi connectivity index (χ3v) is 5.18. The third kappa shape index (κ3) is 6.27. The van der Waals surface area contributed by atoms with Crippen LogP contribution in [0.3, 0.4) is 0 Å². The van der Waals surface area contributed by atoms with E-state index < -0.39 is 0 Å². The summed E-state index contributed by atoms with van der Waals surface area (Å²) in [5.74, 6) is 3.66. The number of aliphatic imine (C=N–C) groups is 1. The van der Waals surface area contributed by atoms with Crippen molar-refractivity contribution in [1.82, 2.24) is 20.2 Å². The number of rotatable bonds is 8. The van der Waals surface area contributed by atoms with Crippen LogP contribution in [0.25, 0.3) is 0 Å². The predicted molar refractivity (Wildman–Crippen MR) is 137 cm³/mol. The lowest BCUT2D eigenvalue weighted by Gasteiger charge is -2.36. The lowest BCUT2D eigenvalue weighted by Crippen LogP contribution is -2.53. The topological polar surface area (TPSA) is 84.3 Å². The van der Waals surface area contributed by atoms with Crippen molar-refractivity contribution >= 4 is 35.9 Å². The summed E-state index contributed by atoms with van der Waals surface area (Å²) in [6, 6.07) is 5.74. The summed E-state index contributed by atoms with van der Waals surface area (Å²) in [4.78, 5) is 18.1. The van der Waals surface area contributed by atoms with E-state index in [9.17, 15) is 0 Å². The zero-order valence-corrected chi connectivity index (χ0v) is 21.5. The van der Waals surface area contributed by atoms with E-state index in [1.807, 2.05) is 18.2 Å². The van der Waals surface area contributed by atoms with Crippen LogP contribution in [-0.4, -0.2) is 81.4 Å². The fourth-order valence-electron chi connectivity index (χ4n) is 3.64. The van der Waals surface area contributed by atoms with E-state index in [2.05, 4.69) is 32.0 Å². The highest BCUT2D eigenvalue weighted by molar-refractivity contribution is 14.0. The maximum Gasteiger partial charge on any atom is 0.225 e. The van der Waals surface area contributed by atoms with Crippen molar-refractivity contribution in [1.29, 1.82) is 0 Å². The Labute approximate surface area is 207 Å². The van der Waals surface area contributed by atoms with Crippen LogP contribution in [-0.2, 0) is 6.42 Å². The average Bonchev–Trinajstić information content (AvgIpc) is 2.83. The number of anilines is 1. The number of nitrogens with one attached hydrogen (secondary N) is 1. The van der Waals surface area contributed by atoms with Crippen LogP contribution in [0.5, 0.6) is 17.2 Å². The van der Waals surface area contributed by atoms with Crippen LogP contribution >= 0.6 is 24.0 Å². The molecule has 1 fully saturated rings. The first-order chi connectivity index (χ1) is 15.2. The maximum atomic E-state index is 5.59. The second-order valence-electron chi connectivity index (χ2n) is 7.00. The van der Waals surface area contributed by atoms with Crippen molar-refractivity contribution in [2.75, 3.05) is 65.5 Å². The molecule has 32 heavy (non-hydrogen) atoms. The monoisotopic (exact) mass is 556 g/mol. The average molecular weight is 556 g/mol. The molecule has 1 aromatic carbocycles. The summed E-state index contributed by atoms with van der Waals surface area (Å²) in [6.45, 7) is 6.99. The first-order valence-electron chi connectivity index (χ1n) is 10.5. The Balaban J connectivity index is 0.00000363. The lowest BCUT2D eigenvalue weighted by molar-refractivity contribution is 0.322. The van der Waals surface area contributed by atoms with Crippen LogP contribution in [0.2, 0.25) is 0 Å². The molecule has 2 aromatic rings. The molecule has 10 heteroatoms. The maximum absolute atomic E-state index is 5.59. The van der Waals surface area contributed by atoms with E-state index in [0.29, 0.717) is 23.8 Å². The Morgan fingerprint density at radius 3 is 2.28 bits per heavy atom. The number of hydrogen-bond acceptors (Lipinski definition) is 7. The first-order valence-corrected chi connectivity index (χ1v) is 10.5. The molecule has 9 nitrogen and oxygen atoms in total. The molecule has 1 aliphatic rings. The van der Waals surface area contributed by atoms with Crippen molar-refractivity contribution in [3.8, 4) is 17.2 Å². The molecule has 0 bridgehead atoms. The zero-order chi connectivity index (χ0) is 22.1. The number of halogens is 1. The molecule has 176 valence electrons. The molecule has 0 aliphatic carbocycles. The van der Waals surface area contributed by atoms with Gasteiger partial charge in [-0.2, -0.15) is 0 Å². The first kappa shape index (κ1) is 25.8. The summed E-state index contributed by atoms with van der Waals surface area (Å²) < 4.78 is 16.4. The van der Waals surface area contributed by atoms with Crippen molar-refractivity contribution in [2.45, 2.75) is 13.3 Å². The van der Waals surface area contributed by atoms with Gasteiger partial charge in [0.2, 0.25) is 11.7 Å². The van der Waals surface area contributed by atoms with Gasteiger partial charge in [-0.15, -0.1) is 24.0 Å². The number of nitrogens with zero attached hydrogens (tertiary/aromatic N) is 5. The van der Waals surface area contributed by atoms with Crippen LogP contribution in [0.1, 0.15) is 12.5 Å². The minimum Gasteiger partial charge on any atom is -0.493 e. The van der Waals surface area contributed by atoms with Gasteiger partial charge in [-0.1, -0.05) is 6.07 Å². The molecule has 3 rings (SSSR count). The van der Waals surface area contributed by atoms with Crippen molar-refractivity contribution < 1.29 is 14.2 Å². The van der Waals surface area contributed by atoms with E-state index in [-0.39, 0.29) is 24.0 Å². The van der Waals surface area contributed by atoms with Gasteiger partial charge in [-0.3, -0.25) is 4.99 Å². The molecular weight excluding hydrogens is 523 g/mol. The van der Waals surface area contributed by atoms with Crippen LogP contribution in [0.4, 0.5) is 5.95 Å². The number of piperazine rings is 1. The summed E-state index contributed by atoms with van der Waals surface area (Å²) in [7, 11) is 4.88. The SMILES string of the molecule is CCNC(=NCCc1ccc(OC)c(OC)c1OC)N1CCN(c2ncccn2)CC1.I. The summed E-state index contributed by atoms with van der Waals surface area (Å²) in [6.07, 6.45) is 4.29. The van der Waals surface area contributed by atoms with E-state index >= 15 is 0 Å². The molecule has 1 aliphatic heterocycles. The fourth-order valence-corrected chi connectivity index (χ4v) is 3.64. The quantitative estimate of drug-likeness (QED) is 0.302. The van der Waals surface area contributed by atoms with Crippen LogP contribution in [0, 0.1) is 0 Å². The molecule has 1 N–H and O–H groups in total. The summed E-state index contributed by atoms with van der Waals surface area (Å²) >= 11 is 0. The van der Waals surface area contributed by atoms with E-state index in [1.165, 1.54) is 0 Å². The predicted octanol–water partition coefficient (Wildman–Crippen LogP) is 2.45. The summed E-state index contributed by atoms with van der Waals surface area (Å²) in [5.41, 5.74) is 1.03. The van der Waals surface area contributed by atoms with Gasteiger partial charge in [-0.25, -0.2) is 9.97 Å². The number of hydrogen-bond donors (Lipinski definition) is 1. The largest absolute Gasteiger partial charge is 0.493 e. The molecule has 0 spiro atoms. The van der Waals surface area contributed by atoms with Crippen molar-refractivity contribution in [3.63, 3.8) is 0 Å². The highest BCUT2D eigenvalue weighted by atomic mass is 127. The van der Waals surface area contributed by atoms with Gasteiger partial charge in [-0.05, 0) is 25.5 Å². The number of guanidine groups is 1. The highest BCUT2D eigenvalue weighted by Gasteiger charge is 2.21. The fraction of sp³-hybridized carbons (Fsp3) is 0.500. The molecule has 1 saturated heterocycles. The molecule has 1 aromatic heterocycles. The molecule has 0 atom stereocenters. The van der Waals surface area contributed by atoms with Gasteiger partial charge in [0.25, 0.3) is 0 Å². The van der Waals surface area contributed by atoms with Gasteiger partial charge in [0.15, 0.2) is 17.5 Å². The van der Waals surface area contributed by atoms with Gasteiger partial charge in [0.05, 0.1) is 21.3 Å². The Hall–Kier alpha value is -2.50. The van der Waals surface area contributed by atoms with Crippen LogP contribution < -0.4 is 24.4 Å². The third-order valence-electron chi connectivity index (χ3n) is 5.18. The Bertz CT molecular complexity index is 860. The molecule has 2 heterocycles. The molecular formula is C22H33IN6O3. The lowest BCUT2D eigenvalue weighted by atomic mass is 10.1. The number of ether oxygens (including phenoxy) is 3. The normalized spacial score (nSPS) is 13.9. The van der Waals surface area contributed by atoms with Gasteiger partial charge < -0.3 is 29.3 Å². The second kappa shape index (κ2) is 13.1. The molecule has 0 unspecified atom stereocenters. The Kier molecular flexibility index (Phi) is 10.6. The number of aromatic nitrogens is 2. The summed E-state index contributed by atoms with van der Waals surface area (Å²) in [5, 5.41) is 3.41. The molecule has 0 radical (unpaired) electrons. The van der Waals surface area contributed by atoms with Gasteiger partial charge in [0, 0.05) is 57.2 Å². The smallest absolute Gasteiger partial charge is 0.225 e. The number of methoxy groups -OCH3 is 3. The van der Waals surface area contributed by atoms with Crippen molar-refractivity contribution in [2.24, 2.45) is 4.99 Å². The standard InChI is InChI=1S/C22H32N6O3.HI/c1-5-23-21(27-13-15-28(16-14-27)22-24-10-6-11-25-22)26-12-9-17-7-8-18(29-2)20(31-4)19(17)30-3;/h6-8,10-11H,5,9,12-16H2,1-4H3,(H,23,26);1H. The second-order valence-corrected chi connectivity index (χ2v) is 7.00. The molecule has 0 saturated carbocycles. The Morgan fingerprint density at radius 2 is 1.69 bits per heavy atom. The van der Waals surface area contributed by atoms with Crippen molar-refractivity contribution in [3.05, 3.63) is 36.2 Å². The van der Waals surface area contributed by atoms with Gasteiger partial charge in [0.1, 0.15) is 0 Å². The Morgan fingerprint density at radius 1 is 1.00 bits per heavy atom. The van der Waals surface area contributed by atoms with Gasteiger partial charge >= 0.3 is 0 Å². The van der Waals surface area contributed by atoms with E-state index in [0.717, 1.165) is 56.6 Å².